The summed E-state index contributed by atoms with van der Waals surface area (Å²) in [4.78, 5) is 39.3. The van der Waals surface area contributed by atoms with Gasteiger partial charge in [0.1, 0.15) is 9.75 Å². The molecule has 1 N–H and O–H groups in total. The van der Waals surface area contributed by atoms with Crippen LogP contribution in [0.5, 0.6) is 0 Å². The third-order valence-electron chi connectivity index (χ3n) is 8.68. The number of carbonyl (C=O) groups excluding carboxylic acids is 3. The maximum absolute atomic E-state index is 13.9. The first-order valence-electron chi connectivity index (χ1n) is 13.6. The first-order chi connectivity index (χ1) is 19.1. The van der Waals surface area contributed by atoms with E-state index in [1.165, 1.54) is 4.90 Å². The number of nitrogens with one attached hydrogen (secondary N) is 1. The van der Waals surface area contributed by atoms with Crippen LogP contribution in [-0.4, -0.2) is 29.2 Å². The predicted molar refractivity (Wildman–Crippen MR) is 161 cm³/mol. The van der Waals surface area contributed by atoms with Gasteiger partial charge in [-0.05, 0) is 72.2 Å². The summed E-state index contributed by atoms with van der Waals surface area (Å²) < 4.78 is 1.04. The highest BCUT2D eigenvalue weighted by molar-refractivity contribution is 9.10. The van der Waals surface area contributed by atoms with Crippen molar-refractivity contribution in [3.63, 3.8) is 0 Å². The molecule has 4 aliphatic rings. The molecule has 2 bridgehead atoms. The average molecular weight is 640 g/mol. The van der Waals surface area contributed by atoms with Gasteiger partial charge in [0, 0.05) is 23.1 Å². The zero-order chi connectivity index (χ0) is 28.4. The summed E-state index contributed by atoms with van der Waals surface area (Å²) in [6.07, 6.45) is 2.32. The van der Waals surface area contributed by atoms with Crippen LogP contribution in [0.25, 0.3) is 0 Å². The number of benzene rings is 3. The van der Waals surface area contributed by atoms with Gasteiger partial charge in [-0.25, -0.2) is 0 Å². The van der Waals surface area contributed by atoms with Crippen LogP contribution in [0.3, 0.4) is 0 Å². The van der Waals surface area contributed by atoms with Crippen molar-refractivity contribution in [2.24, 2.45) is 11.8 Å². The van der Waals surface area contributed by atoms with E-state index in [0.717, 1.165) is 43.5 Å². The number of hydrogen-bond donors (Lipinski definition) is 1. The summed E-state index contributed by atoms with van der Waals surface area (Å²) in [5.41, 5.74) is 6.11. The molecule has 3 aliphatic carbocycles. The summed E-state index contributed by atoms with van der Waals surface area (Å²) in [5, 5.41) is 2.97. The van der Waals surface area contributed by atoms with Gasteiger partial charge in [-0.2, -0.15) is 0 Å². The number of rotatable bonds is 7. The standard InChI is InChI=1S/C32H29BrCl2N2O3/c1-18-16-20(17-19(2)28(18)33)36-25(38)14-4-3-9-15-37-29(39)26-27(30(37)40)32(35)22-11-6-5-10-21(22)31(26,34)23-12-7-8-13-24(23)32/h5-8,10-13,16-17,26-27H,3-4,9,14-15H2,1-2H3,(H,36,38)/t26-,27-,31?,32?/m1/s1. The molecule has 3 aromatic carbocycles. The highest BCUT2D eigenvalue weighted by Gasteiger charge is 2.72. The molecule has 0 unspecified atom stereocenters. The summed E-state index contributed by atoms with van der Waals surface area (Å²) in [5.74, 6) is -2.13. The van der Waals surface area contributed by atoms with Gasteiger partial charge in [0.25, 0.3) is 0 Å². The van der Waals surface area contributed by atoms with Gasteiger partial charge in [0.2, 0.25) is 17.7 Å². The van der Waals surface area contributed by atoms with Crippen molar-refractivity contribution < 1.29 is 14.4 Å². The number of hydrogen-bond acceptors (Lipinski definition) is 3. The first-order valence-corrected chi connectivity index (χ1v) is 15.1. The maximum Gasteiger partial charge on any atom is 0.235 e. The van der Waals surface area contributed by atoms with Crippen molar-refractivity contribution in [2.45, 2.75) is 49.3 Å². The molecule has 0 aromatic heterocycles. The van der Waals surface area contributed by atoms with E-state index >= 15 is 0 Å². The van der Waals surface area contributed by atoms with Crippen LogP contribution in [0.4, 0.5) is 5.69 Å². The normalized spacial score (nSPS) is 26.0. The number of nitrogens with zero attached hydrogens (tertiary/aromatic N) is 1. The lowest BCUT2D eigenvalue weighted by Crippen LogP contribution is -2.57. The topological polar surface area (TPSA) is 66.5 Å². The van der Waals surface area contributed by atoms with Crippen molar-refractivity contribution in [1.82, 2.24) is 4.90 Å². The Morgan fingerprint density at radius 1 is 0.825 bits per heavy atom. The predicted octanol–water partition coefficient (Wildman–Crippen LogP) is 7.16. The highest BCUT2D eigenvalue weighted by atomic mass is 79.9. The molecule has 1 heterocycles. The van der Waals surface area contributed by atoms with Gasteiger partial charge in [0.05, 0.1) is 11.8 Å². The van der Waals surface area contributed by atoms with Crippen molar-refractivity contribution in [3.05, 3.63) is 98.5 Å². The molecule has 5 nitrogen and oxygen atoms in total. The molecule has 40 heavy (non-hydrogen) atoms. The molecule has 1 fully saturated rings. The summed E-state index contributed by atoms with van der Waals surface area (Å²) in [7, 11) is 0. The fourth-order valence-electron chi connectivity index (χ4n) is 6.92. The van der Waals surface area contributed by atoms with Crippen LogP contribution in [0.15, 0.2) is 65.1 Å². The molecule has 3 aromatic rings. The molecule has 8 heteroatoms. The van der Waals surface area contributed by atoms with Crippen LogP contribution in [0, 0.1) is 25.7 Å². The second-order valence-electron chi connectivity index (χ2n) is 11.1. The van der Waals surface area contributed by atoms with E-state index in [1.807, 2.05) is 74.5 Å². The summed E-state index contributed by atoms with van der Waals surface area (Å²) >= 11 is 18.5. The quantitative estimate of drug-likeness (QED) is 0.170. The van der Waals surface area contributed by atoms with Crippen molar-refractivity contribution in [1.29, 1.82) is 0 Å². The van der Waals surface area contributed by atoms with E-state index in [-0.39, 0.29) is 24.3 Å². The lowest BCUT2D eigenvalue weighted by molar-refractivity contribution is -0.140. The fraction of sp³-hybridized carbons (Fsp3) is 0.344. The Bertz CT molecular complexity index is 1430. The number of imide groups is 1. The summed E-state index contributed by atoms with van der Waals surface area (Å²) in [6.45, 7) is 4.26. The van der Waals surface area contributed by atoms with Crippen molar-refractivity contribution in [2.75, 3.05) is 11.9 Å². The highest BCUT2D eigenvalue weighted by Crippen LogP contribution is 2.69. The Labute approximate surface area is 252 Å². The molecule has 7 rings (SSSR count). The van der Waals surface area contributed by atoms with Crippen LogP contribution in [0.1, 0.15) is 59.1 Å². The van der Waals surface area contributed by atoms with Gasteiger partial charge in [-0.3, -0.25) is 19.3 Å². The van der Waals surface area contributed by atoms with Crippen molar-refractivity contribution in [3.8, 4) is 0 Å². The zero-order valence-corrected chi connectivity index (χ0v) is 25.4. The molecule has 0 saturated carbocycles. The number of unbranched alkanes of at least 4 members (excludes halogenated alkanes) is 2. The van der Waals surface area contributed by atoms with Gasteiger partial charge < -0.3 is 5.32 Å². The van der Waals surface area contributed by atoms with E-state index in [2.05, 4.69) is 21.2 Å². The Morgan fingerprint density at radius 3 is 1.73 bits per heavy atom. The third kappa shape index (κ3) is 3.90. The van der Waals surface area contributed by atoms with E-state index in [9.17, 15) is 14.4 Å². The van der Waals surface area contributed by atoms with Gasteiger partial charge in [0.15, 0.2) is 0 Å². The Kier molecular flexibility index (Phi) is 6.88. The minimum Gasteiger partial charge on any atom is -0.326 e. The number of carbonyl (C=O) groups is 3. The minimum absolute atomic E-state index is 0.0549. The number of alkyl halides is 2. The maximum atomic E-state index is 13.9. The van der Waals surface area contributed by atoms with Crippen LogP contribution >= 0.6 is 39.1 Å². The van der Waals surface area contributed by atoms with E-state index in [0.29, 0.717) is 25.7 Å². The molecule has 1 saturated heterocycles. The van der Waals surface area contributed by atoms with Crippen LogP contribution in [-0.2, 0) is 24.1 Å². The minimum atomic E-state index is -1.15. The lowest BCUT2D eigenvalue weighted by Gasteiger charge is -2.54. The zero-order valence-electron chi connectivity index (χ0n) is 22.3. The number of anilines is 1. The Hall–Kier alpha value is -2.67. The fourth-order valence-corrected chi connectivity index (χ4v) is 8.25. The van der Waals surface area contributed by atoms with Crippen LogP contribution in [0.2, 0.25) is 0 Å². The Morgan fingerprint density at radius 2 is 1.27 bits per heavy atom. The second kappa shape index (κ2) is 10.0. The number of amides is 3. The SMILES string of the molecule is Cc1cc(NC(=O)CCCCCN2C(=O)[C@H]3[C@H](C2=O)C2(Cl)c4ccccc4C3(Cl)c3ccccc32)cc(C)c1Br. The lowest BCUT2D eigenvalue weighted by atomic mass is 9.54. The molecular weight excluding hydrogens is 611 g/mol. The monoisotopic (exact) mass is 638 g/mol. The molecule has 0 spiro atoms. The molecule has 3 amide bonds. The second-order valence-corrected chi connectivity index (χ2v) is 13.1. The van der Waals surface area contributed by atoms with Gasteiger partial charge in [-0.15, -0.1) is 23.2 Å². The average Bonchev–Trinajstić information content (AvgIpc) is 3.20. The van der Waals surface area contributed by atoms with Crippen molar-refractivity contribution >= 4 is 62.5 Å². The smallest absolute Gasteiger partial charge is 0.235 e. The molecule has 2 atom stereocenters. The number of aryl methyl sites for hydroxylation is 2. The van der Waals surface area contributed by atoms with Gasteiger partial charge >= 0.3 is 0 Å². The Balaban J connectivity index is 1.14. The molecule has 0 radical (unpaired) electrons. The van der Waals surface area contributed by atoms with E-state index < -0.39 is 21.6 Å². The van der Waals surface area contributed by atoms with Crippen LogP contribution < -0.4 is 5.32 Å². The molecule has 206 valence electrons. The van der Waals surface area contributed by atoms with Gasteiger partial charge in [-0.1, -0.05) is 70.9 Å². The molecular formula is C32H29BrCl2N2O3. The molecule has 1 aliphatic heterocycles. The largest absolute Gasteiger partial charge is 0.326 e. The van der Waals surface area contributed by atoms with E-state index in [1.54, 1.807) is 0 Å². The first kappa shape index (κ1) is 27.5. The van der Waals surface area contributed by atoms with E-state index in [4.69, 9.17) is 23.2 Å². The number of likely N-dealkylation sites (tertiary alicyclic amines) is 1. The third-order valence-corrected chi connectivity index (χ3v) is 11.2. The summed E-state index contributed by atoms with van der Waals surface area (Å²) in [6, 6.07) is 19.2. The number of halogens is 3.